The van der Waals surface area contributed by atoms with Crippen molar-refractivity contribution in [2.45, 2.75) is 39.8 Å². The lowest BCUT2D eigenvalue weighted by atomic mass is 9.87. The highest BCUT2D eigenvalue weighted by atomic mass is 35.5. The Kier molecular flexibility index (Phi) is 7.62. The molecule has 1 aliphatic rings. The molecule has 0 saturated carbocycles. The average Bonchev–Trinajstić information content (AvgIpc) is 3.51. The Morgan fingerprint density at radius 1 is 1.14 bits per heavy atom. The first-order valence-electron chi connectivity index (χ1n) is 13.9. The van der Waals surface area contributed by atoms with E-state index >= 15 is 4.39 Å². The number of benzene rings is 3. The SMILES string of the molecule is Cc1cc(Cc2nc3ccc(C(=O)O)cc3n2C2COCC2(C)C)c(F)cc1-c1ccnc(OCc2ccc(Cl)cc2)n1. The summed E-state index contributed by atoms with van der Waals surface area (Å²) in [6, 6.07) is 17.3. The van der Waals surface area contributed by atoms with E-state index in [-0.39, 0.29) is 36.1 Å². The maximum absolute atomic E-state index is 15.8. The van der Waals surface area contributed by atoms with Crippen molar-refractivity contribution in [1.82, 2.24) is 19.5 Å². The third kappa shape index (κ3) is 5.83. The molecule has 0 bridgehead atoms. The maximum atomic E-state index is 15.8. The number of hydrogen-bond donors (Lipinski definition) is 1. The first kappa shape index (κ1) is 28.8. The molecule has 1 unspecified atom stereocenters. The summed E-state index contributed by atoms with van der Waals surface area (Å²) in [7, 11) is 0. The van der Waals surface area contributed by atoms with Gasteiger partial charge in [0.25, 0.3) is 0 Å². The lowest BCUT2D eigenvalue weighted by molar-refractivity contribution is 0.0697. The first-order chi connectivity index (χ1) is 20.6. The van der Waals surface area contributed by atoms with E-state index in [0.717, 1.165) is 11.1 Å². The minimum Gasteiger partial charge on any atom is -0.478 e. The summed E-state index contributed by atoms with van der Waals surface area (Å²) in [4.78, 5) is 25.3. The number of rotatable bonds is 8. The zero-order chi connectivity index (χ0) is 30.3. The summed E-state index contributed by atoms with van der Waals surface area (Å²) in [6.45, 7) is 7.41. The topological polar surface area (TPSA) is 99.4 Å². The van der Waals surface area contributed by atoms with Crippen LogP contribution in [0.3, 0.4) is 0 Å². The fraction of sp³-hybridized carbons (Fsp3) is 0.273. The van der Waals surface area contributed by atoms with E-state index in [0.29, 0.717) is 51.9 Å². The van der Waals surface area contributed by atoms with E-state index in [9.17, 15) is 9.90 Å². The Bertz CT molecular complexity index is 1840. The van der Waals surface area contributed by atoms with Crippen LogP contribution in [0.15, 0.2) is 66.9 Å². The normalized spacial score (nSPS) is 16.1. The summed E-state index contributed by atoms with van der Waals surface area (Å²) in [5, 5.41) is 10.3. The Balaban J connectivity index is 1.32. The Morgan fingerprint density at radius 3 is 2.65 bits per heavy atom. The molecule has 220 valence electrons. The molecule has 6 rings (SSSR count). The fourth-order valence-corrected chi connectivity index (χ4v) is 5.67. The number of nitrogens with zero attached hydrogens (tertiary/aromatic N) is 4. The van der Waals surface area contributed by atoms with Crippen molar-refractivity contribution >= 4 is 28.6 Å². The van der Waals surface area contributed by atoms with Gasteiger partial charge in [0, 0.05) is 28.6 Å². The van der Waals surface area contributed by atoms with E-state index in [4.69, 9.17) is 26.1 Å². The van der Waals surface area contributed by atoms with Crippen LogP contribution in [0.4, 0.5) is 4.39 Å². The molecule has 1 saturated heterocycles. The third-order valence-corrected chi connectivity index (χ3v) is 8.16. The molecule has 0 radical (unpaired) electrons. The Hall–Kier alpha value is -4.34. The number of hydrogen-bond acceptors (Lipinski definition) is 6. The molecule has 43 heavy (non-hydrogen) atoms. The average molecular weight is 601 g/mol. The van der Waals surface area contributed by atoms with E-state index in [1.807, 2.05) is 29.7 Å². The number of carboxylic acids is 1. The van der Waals surface area contributed by atoms with Gasteiger partial charge in [-0.25, -0.2) is 19.2 Å². The third-order valence-electron chi connectivity index (χ3n) is 7.91. The lowest BCUT2D eigenvalue weighted by Crippen LogP contribution is -2.27. The monoisotopic (exact) mass is 600 g/mol. The summed E-state index contributed by atoms with van der Waals surface area (Å²) < 4.78 is 29.4. The highest BCUT2D eigenvalue weighted by Crippen LogP contribution is 2.40. The molecule has 1 N–H and O–H groups in total. The molecular formula is C33H30ClFN4O4. The zero-order valence-electron chi connectivity index (χ0n) is 24.0. The number of aromatic carboxylic acids is 1. The molecule has 0 amide bonds. The van der Waals surface area contributed by atoms with Crippen molar-refractivity contribution in [3.8, 4) is 17.3 Å². The largest absolute Gasteiger partial charge is 0.478 e. The van der Waals surface area contributed by atoms with Crippen LogP contribution in [0.25, 0.3) is 22.3 Å². The number of fused-ring (bicyclic) bond motifs is 1. The lowest BCUT2D eigenvalue weighted by Gasteiger charge is -2.28. The van der Waals surface area contributed by atoms with E-state index in [1.54, 1.807) is 36.5 Å². The van der Waals surface area contributed by atoms with Gasteiger partial charge >= 0.3 is 12.0 Å². The summed E-state index contributed by atoms with van der Waals surface area (Å²) in [6.07, 6.45) is 1.81. The Labute approximate surface area is 253 Å². The number of aryl methyl sites for hydroxylation is 1. The van der Waals surface area contributed by atoms with Gasteiger partial charge < -0.3 is 19.1 Å². The standard InChI is InChI=1S/C33H30ClFN4O4/c1-19-12-22(25(35)15-24(19)26-10-11-36-32(38-26)43-16-20-4-7-23(34)8-5-20)14-30-37-27-9-6-21(31(40)41)13-28(27)39(30)29-17-42-18-33(29,2)3/h4-13,15,29H,14,16-18H2,1-3H3,(H,40,41). The van der Waals surface area contributed by atoms with Crippen LogP contribution < -0.4 is 4.74 Å². The molecule has 1 aliphatic heterocycles. The van der Waals surface area contributed by atoms with Crippen LogP contribution in [0.5, 0.6) is 6.01 Å². The molecule has 3 aromatic carbocycles. The fourth-order valence-electron chi connectivity index (χ4n) is 5.54. The number of carbonyl (C=O) groups is 1. The smallest absolute Gasteiger partial charge is 0.335 e. The second kappa shape index (κ2) is 11.4. The van der Waals surface area contributed by atoms with Gasteiger partial charge in [-0.15, -0.1) is 0 Å². The summed E-state index contributed by atoms with van der Waals surface area (Å²) >= 11 is 5.96. The van der Waals surface area contributed by atoms with Gasteiger partial charge in [0.1, 0.15) is 18.2 Å². The van der Waals surface area contributed by atoms with Crippen molar-refractivity contribution in [2.24, 2.45) is 5.41 Å². The minimum absolute atomic E-state index is 0.0905. The molecular weight excluding hydrogens is 571 g/mol. The van der Waals surface area contributed by atoms with Gasteiger partial charge in [-0.1, -0.05) is 43.6 Å². The zero-order valence-corrected chi connectivity index (χ0v) is 24.7. The highest BCUT2D eigenvalue weighted by molar-refractivity contribution is 6.30. The van der Waals surface area contributed by atoms with Crippen LogP contribution in [0.1, 0.15) is 52.8 Å². The number of ether oxygens (including phenoxy) is 2. The molecule has 0 spiro atoms. The van der Waals surface area contributed by atoms with E-state index < -0.39 is 11.8 Å². The van der Waals surface area contributed by atoms with Crippen LogP contribution >= 0.6 is 11.6 Å². The van der Waals surface area contributed by atoms with Crippen LogP contribution in [0.2, 0.25) is 5.02 Å². The number of imidazole rings is 1. The van der Waals surface area contributed by atoms with Gasteiger partial charge in [-0.2, -0.15) is 4.98 Å². The molecule has 3 heterocycles. The van der Waals surface area contributed by atoms with Crippen molar-refractivity contribution < 1.29 is 23.8 Å². The second-order valence-electron chi connectivity index (χ2n) is 11.5. The van der Waals surface area contributed by atoms with Crippen LogP contribution in [-0.4, -0.2) is 43.8 Å². The Morgan fingerprint density at radius 2 is 1.93 bits per heavy atom. The van der Waals surface area contributed by atoms with Gasteiger partial charge in [0.15, 0.2) is 0 Å². The van der Waals surface area contributed by atoms with Gasteiger partial charge in [0.05, 0.1) is 41.5 Å². The quantitative estimate of drug-likeness (QED) is 0.203. The number of halogens is 2. The minimum atomic E-state index is -1.02. The van der Waals surface area contributed by atoms with Gasteiger partial charge in [-0.3, -0.25) is 0 Å². The van der Waals surface area contributed by atoms with Crippen molar-refractivity contribution in [2.75, 3.05) is 13.2 Å². The second-order valence-corrected chi connectivity index (χ2v) is 11.9. The molecule has 0 aliphatic carbocycles. The molecule has 1 atom stereocenters. The van der Waals surface area contributed by atoms with Gasteiger partial charge in [-0.05, 0) is 66.1 Å². The summed E-state index contributed by atoms with van der Waals surface area (Å²) in [5.41, 5.74) is 4.70. The van der Waals surface area contributed by atoms with E-state index in [2.05, 4.69) is 23.8 Å². The number of aromatic nitrogens is 4. The van der Waals surface area contributed by atoms with Crippen molar-refractivity contribution in [1.29, 1.82) is 0 Å². The highest BCUT2D eigenvalue weighted by Gasteiger charge is 2.39. The predicted octanol–water partition coefficient (Wildman–Crippen LogP) is 7.06. The van der Waals surface area contributed by atoms with Crippen LogP contribution in [0, 0.1) is 18.2 Å². The van der Waals surface area contributed by atoms with Crippen molar-refractivity contribution in [3.63, 3.8) is 0 Å². The maximum Gasteiger partial charge on any atom is 0.335 e. The van der Waals surface area contributed by atoms with Gasteiger partial charge in [0.2, 0.25) is 0 Å². The molecule has 10 heteroatoms. The molecule has 2 aromatic heterocycles. The van der Waals surface area contributed by atoms with E-state index in [1.165, 1.54) is 12.1 Å². The molecule has 5 aromatic rings. The summed E-state index contributed by atoms with van der Waals surface area (Å²) in [5.74, 6) is -0.764. The predicted molar refractivity (Wildman–Crippen MR) is 161 cm³/mol. The van der Waals surface area contributed by atoms with Crippen molar-refractivity contribution in [3.05, 3.63) is 106 Å². The molecule has 1 fully saturated rings. The van der Waals surface area contributed by atoms with Crippen LogP contribution in [-0.2, 0) is 17.8 Å². The first-order valence-corrected chi connectivity index (χ1v) is 14.3. The molecule has 8 nitrogen and oxygen atoms in total. The number of carboxylic acid groups (broad SMARTS) is 1.